The van der Waals surface area contributed by atoms with E-state index in [0.717, 1.165) is 11.1 Å². The van der Waals surface area contributed by atoms with E-state index in [0.29, 0.717) is 19.5 Å². The topological polar surface area (TPSA) is 66.5 Å². The van der Waals surface area contributed by atoms with Crippen LogP contribution in [0.1, 0.15) is 17.5 Å². The van der Waals surface area contributed by atoms with E-state index in [4.69, 9.17) is 0 Å². The van der Waals surface area contributed by atoms with Crippen molar-refractivity contribution in [2.75, 3.05) is 13.1 Å². The number of carbonyl (C=O) groups is 1. The minimum atomic E-state index is -3.54. The molecule has 6 heteroatoms. The molecule has 0 saturated carbocycles. The Bertz CT molecular complexity index is 833. The summed E-state index contributed by atoms with van der Waals surface area (Å²) in [5.41, 5.74) is 2.09. The molecule has 1 N–H and O–H groups in total. The summed E-state index contributed by atoms with van der Waals surface area (Å²) < 4.78 is 27.3. The molecule has 0 spiro atoms. The molecule has 3 rings (SSSR count). The van der Waals surface area contributed by atoms with Gasteiger partial charge in [0.25, 0.3) is 0 Å². The first-order valence-corrected chi connectivity index (χ1v) is 9.80. The fraction of sp³-hybridized carbons (Fsp3) is 0.316. The molecule has 1 heterocycles. The van der Waals surface area contributed by atoms with E-state index in [-0.39, 0.29) is 23.3 Å². The highest BCUT2D eigenvalue weighted by Gasteiger charge is 2.30. The van der Waals surface area contributed by atoms with Crippen molar-refractivity contribution in [3.8, 4) is 0 Å². The van der Waals surface area contributed by atoms with E-state index in [1.54, 1.807) is 29.2 Å². The highest BCUT2D eigenvalue weighted by molar-refractivity contribution is 7.89. The van der Waals surface area contributed by atoms with Gasteiger partial charge in [0, 0.05) is 26.1 Å². The van der Waals surface area contributed by atoms with Crippen LogP contribution in [0.3, 0.4) is 0 Å². The average molecular weight is 358 g/mol. The smallest absolute Gasteiger partial charge is 0.240 e. The SMILES string of the molecule is Cc1ccc(S(=O)(=O)NCC2CC(=O)N(Cc3ccccc3)C2)cc1. The van der Waals surface area contributed by atoms with Gasteiger partial charge in [-0.2, -0.15) is 0 Å². The molecule has 2 aromatic rings. The second-order valence-electron chi connectivity index (χ2n) is 6.49. The van der Waals surface area contributed by atoms with Crippen LogP contribution in [0, 0.1) is 12.8 Å². The maximum absolute atomic E-state index is 12.3. The van der Waals surface area contributed by atoms with Gasteiger partial charge in [0.05, 0.1) is 4.90 Å². The first-order valence-electron chi connectivity index (χ1n) is 8.32. The molecule has 2 aromatic carbocycles. The largest absolute Gasteiger partial charge is 0.338 e. The number of nitrogens with zero attached hydrogens (tertiary/aromatic N) is 1. The maximum Gasteiger partial charge on any atom is 0.240 e. The number of benzene rings is 2. The average Bonchev–Trinajstić information content (AvgIpc) is 2.94. The molecule has 0 aromatic heterocycles. The molecule has 1 amide bonds. The Labute approximate surface area is 148 Å². The second kappa shape index (κ2) is 7.37. The third-order valence-electron chi connectivity index (χ3n) is 4.40. The van der Waals surface area contributed by atoms with Gasteiger partial charge in [0.1, 0.15) is 0 Å². The second-order valence-corrected chi connectivity index (χ2v) is 8.26. The molecule has 1 fully saturated rings. The normalized spacial score (nSPS) is 17.9. The number of sulfonamides is 1. The maximum atomic E-state index is 12.3. The van der Waals surface area contributed by atoms with E-state index in [9.17, 15) is 13.2 Å². The first-order chi connectivity index (χ1) is 11.9. The van der Waals surface area contributed by atoms with Crippen molar-refractivity contribution in [2.24, 2.45) is 5.92 Å². The van der Waals surface area contributed by atoms with Crippen LogP contribution in [0.25, 0.3) is 0 Å². The van der Waals surface area contributed by atoms with Crippen LogP contribution in [0.4, 0.5) is 0 Å². The van der Waals surface area contributed by atoms with Gasteiger partial charge in [-0.1, -0.05) is 48.0 Å². The van der Waals surface area contributed by atoms with E-state index in [1.165, 1.54) is 0 Å². The molecule has 1 aliphatic heterocycles. The van der Waals surface area contributed by atoms with Crippen molar-refractivity contribution >= 4 is 15.9 Å². The van der Waals surface area contributed by atoms with E-state index in [1.807, 2.05) is 37.3 Å². The summed E-state index contributed by atoms with van der Waals surface area (Å²) in [5.74, 6) is 0.0693. The molecule has 132 valence electrons. The van der Waals surface area contributed by atoms with Crippen molar-refractivity contribution in [3.05, 3.63) is 65.7 Å². The van der Waals surface area contributed by atoms with Crippen LogP contribution >= 0.6 is 0 Å². The Morgan fingerprint density at radius 2 is 1.76 bits per heavy atom. The zero-order valence-electron chi connectivity index (χ0n) is 14.2. The summed E-state index contributed by atoms with van der Waals surface area (Å²) in [6, 6.07) is 16.5. The lowest BCUT2D eigenvalue weighted by Gasteiger charge is -2.17. The number of aryl methyl sites for hydroxylation is 1. The van der Waals surface area contributed by atoms with Crippen LogP contribution in [-0.4, -0.2) is 32.3 Å². The molecule has 1 saturated heterocycles. The molecule has 25 heavy (non-hydrogen) atoms. The monoisotopic (exact) mass is 358 g/mol. The number of carbonyl (C=O) groups excluding carboxylic acids is 1. The summed E-state index contributed by atoms with van der Waals surface area (Å²) in [6.45, 7) is 3.33. The van der Waals surface area contributed by atoms with Crippen molar-refractivity contribution in [1.82, 2.24) is 9.62 Å². The van der Waals surface area contributed by atoms with E-state index in [2.05, 4.69) is 4.72 Å². The molecule has 1 aliphatic rings. The molecule has 1 unspecified atom stereocenters. The van der Waals surface area contributed by atoms with Crippen molar-refractivity contribution in [1.29, 1.82) is 0 Å². The third kappa shape index (κ3) is 4.46. The zero-order valence-corrected chi connectivity index (χ0v) is 15.0. The lowest BCUT2D eigenvalue weighted by Crippen LogP contribution is -2.31. The van der Waals surface area contributed by atoms with Gasteiger partial charge in [0.2, 0.25) is 15.9 Å². The van der Waals surface area contributed by atoms with Gasteiger partial charge in [-0.05, 0) is 30.5 Å². The fourth-order valence-electron chi connectivity index (χ4n) is 2.98. The number of hydrogen-bond donors (Lipinski definition) is 1. The lowest BCUT2D eigenvalue weighted by molar-refractivity contribution is -0.128. The molecule has 0 radical (unpaired) electrons. The van der Waals surface area contributed by atoms with Crippen LogP contribution in [0.5, 0.6) is 0 Å². The Morgan fingerprint density at radius 3 is 2.44 bits per heavy atom. The summed E-state index contributed by atoms with van der Waals surface area (Å²) in [5, 5.41) is 0. The quantitative estimate of drug-likeness (QED) is 0.862. The molecule has 1 atom stereocenters. The minimum absolute atomic E-state index is 0.00330. The van der Waals surface area contributed by atoms with Gasteiger partial charge in [-0.15, -0.1) is 0 Å². The molecular formula is C19H22N2O3S. The molecule has 0 bridgehead atoms. The van der Waals surface area contributed by atoms with E-state index >= 15 is 0 Å². The van der Waals surface area contributed by atoms with Gasteiger partial charge >= 0.3 is 0 Å². The summed E-state index contributed by atoms with van der Waals surface area (Å²) in [4.78, 5) is 14.2. The van der Waals surface area contributed by atoms with Crippen molar-refractivity contribution in [3.63, 3.8) is 0 Å². The lowest BCUT2D eigenvalue weighted by atomic mass is 10.1. The van der Waals surface area contributed by atoms with Crippen LogP contribution in [0.15, 0.2) is 59.5 Å². The fourth-order valence-corrected chi connectivity index (χ4v) is 4.09. The number of rotatable bonds is 6. The molecular weight excluding hydrogens is 336 g/mol. The number of amides is 1. The van der Waals surface area contributed by atoms with Crippen LogP contribution in [0.2, 0.25) is 0 Å². The third-order valence-corrected chi connectivity index (χ3v) is 5.84. The Balaban J connectivity index is 1.57. The number of nitrogens with one attached hydrogen (secondary N) is 1. The van der Waals surface area contributed by atoms with Crippen molar-refractivity contribution < 1.29 is 13.2 Å². The molecule has 0 aliphatic carbocycles. The van der Waals surface area contributed by atoms with Gasteiger partial charge in [0.15, 0.2) is 0 Å². The predicted molar refractivity (Wildman–Crippen MR) is 96.3 cm³/mol. The standard InChI is InChI=1S/C19H22N2O3S/c1-15-7-9-18(10-8-15)25(23,24)20-12-17-11-19(22)21(14-17)13-16-5-3-2-4-6-16/h2-10,17,20H,11-14H2,1H3. The Kier molecular flexibility index (Phi) is 5.20. The summed E-state index contributed by atoms with van der Waals surface area (Å²) in [7, 11) is -3.54. The molecule has 5 nitrogen and oxygen atoms in total. The first kappa shape index (κ1) is 17.6. The van der Waals surface area contributed by atoms with Crippen LogP contribution in [-0.2, 0) is 21.4 Å². The number of likely N-dealkylation sites (tertiary alicyclic amines) is 1. The highest BCUT2D eigenvalue weighted by Crippen LogP contribution is 2.20. The summed E-state index contributed by atoms with van der Waals surface area (Å²) >= 11 is 0. The van der Waals surface area contributed by atoms with E-state index < -0.39 is 10.0 Å². The van der Waals surface area contributed by atoms with Crippen molar-refractivity contribution in [2.45, 2.75) is 24.8 Å². The van der Waals surface area contributed by atoms with Gasteiger partial charge < -0.3 is 4.90 Å². The van der Waals surface area contributed by atoms with Gasteiger partial charge in [-0.3, -0.25) is 4.79 Å². The predicted octanol–water partition coefficient (Wildman–Crippen LogP) is 2.32. The highest BCUT2D eigenvalue weighted by atomic mass is 32.2. The summed E-state index contributed by atoms with van der Waals surface area (Å²) in [6.07, 6.45) is 0.378. The minimum Gasteiger partial charge on any atom is -0.338 e. The van der Waals surface area contributed by atoms with Gasteiger partial charge in [-0.25, -0.2) is 13.1 Å². The number of hydrogen-bond acceptors (Lipinski definition) is 3. The zero-order chi connectivity index (χ0) is 17.9. The Hall–Kier alpha value is -2.18. The van der Waals surface area contributed by atoms with Crippen LogP contribution < -0.4 is 4.72 Å². The Morgan fingerprint density at radius 1 is 1.08 bits per heavy atom.